The molecule has 0 bridgehead atoms. The summed E-state index contributed by atoms with van der Waals surface area (Å²) in [5.41, 5.74) is 1.07. The maximum absolute atomic E-state index is 12.5. The molecule has 2 N–H and O–H groups in total. The first-order chi connectivity index (χ1) is 13.1. The number of hydrogen-bond acceptors (Lipinski definition) is 4. The number of amides is 4. The summed E-state index contributed by atoms with van der Waals surface area (Å²) in [7, 11) is 0. The molecule has 2 saturated heterocycles. The van der Waals surface area contributed by atoms with E-state index in [0.29, 0.717) is 25.6 Å². The van der Waals surface area contributed by atoms with Gasteiger partial charge in [0.15, 0.2) is 0 Å². The molecule has 2 heterocycles. The van der Waals surface area contributed by atoms with Crippen LogP contribution in [0.3, 0.4) is 0 Å². The highest BCUT2D eigenvalue weighted by Gasteiger charge is 2.38. The molecule has 3 rings (SSSR count). The van der Waals surface area contributed by atoms with Crippen LogP contribution in [0.15, 0.2) is 30.3 Å². The molecule has 2 aliphatic heterocycles. The van der Waals surface area contributed by atoms with E-state index in [4.69, 9.17) is 0 Å². The van der Waals surface area contributed by atoms with E-state index in [1.165, 1.54) is 4.90 Å². The lowest BCUT2D eigenvalue weighted by molar-refractivity contribution is -0.130. The number of hydrogen-bond donors (Lipinski definition) is 2. The van der Waals surface area contributed by atoms with Gasteiger partial charge >= 0.3 is 6.03 Å². The highest BCUT2D eigenvalue weighted by molar-refractivity contribution is 6.05. The van der Waals surface area contributed by atoms with Crippen LogP contribution in [0.1, 0.15) is 31.7 Å². The minimum Gasteiger partial charge on any atom is -0.354 e. The van der Waals surface area contributed by atoms with Gasteiger partial charge in [0.05, 0.1) is 6.42 Å². The third kappa shape index (κ3) is 4.86. The van der Waals surface area contributed by atoms with Crippen LogP contribution in [0, 0.1) is 0 Å². The Labute approximate surface area is 160 Å². The Morgan fingerprint density at radius 1 is 1.26 bits per heavy atom. The Balaban J connectivity index is 1.45. The Morgan fingerprint density at radius 2 is 2.04 bits per heavy atom. The molecule has 4 amide bonds. The molecule has 0 spiro atoms. The van der Waals surface area contributed by atoms with Crippen LogP contribution >= 0.6 is 0 Å². The largest absolute Gasteiger partial charge is 0.354 e. The Morgan fingerprint density at radius 3 is 2.78 bits per heavy atom. The van der Waals surface area contributed by atoms with Gasteiger partial charge in [-0.2, -0.15) is 0 Å². The second kappa shape index (κ2) is 8.99. The third-order valence-electron chi connectivity index (χ3n) is 5.40. The van der Waals surface area contributed by atoms with E-state index in [-0.39, 0.29) is 18.2 Å². The van der Waals surface area contributed by atoms with Gasteiger partial charge < -0.3 is 10.6 Å². The van der Waals surface area contributed by atoms with Crippen molar-refractivity contribution in [3.05, 3.63) is 35.9 Å². The van der Waals surface area contributed by atoms with Crippen molar-refractivity contribution < 1.29 is 14.4 Å². The number of carbonyl (C=O) groups excluding carboxylic acids is 3. The first-order valence-corrected chi connectivity index (χ1v) is 9.75. The molecule has 7 heteroatoms. The van der Waals surface area contributed by atoms with Crippen LogP contribution in [-0.4, -0.2) is 65.9 Å². The molecule has 0 aromatic heterocycles. The van der Waals surface area contributed by atoms with Crippen molar-refractivity contribution in [3.8, 4) is 0 Å². The lowest BCUT2D eigenvalue weighted by Gasteiger charge is -2.23. The van der Waals surface area contributed by atoms with Crippen molar-refractivity contribution in [2.75, 3.05) is 26.2 Å². The van der Waals surface area contributed by atoms with Crippen LogP contribution in [0.5, 0.6) is 0 Å². The van der Waals surface area contributed by atoms with Crippen molar-refractivity contribution in [3.63, 3.8) is 0 Å². The van der Waals surface area contributed by atoms with E-state index >= 15 is 0 Å². The topological polar surface area (TPSA) is 81.8 Å². The zero-order valence-electron chi connectivity index (χ0n) is 15.8. The van der Waals surface area contributed by atoms with E-state index in [9.17, 15) is 14.4 Å². The van der Waals surface area contributed by atoms with Crippen LogP contribution in [0.2, 0.25) is 0 Å². The number of nitrogens with one attached hydrogen (secondary N) is 2. The van der Waals surface area contributed by atoms with Crippen LogP contribution < -0.4 is 10.6 Å². The number of likely N-dealkylation sites (tertiary alicyclic amines) is 1. The SMILES string of the molecule is CCN1CCCC1CNC(=O)CC1NC(=O)N(CCc2ccccc2)C1=O. The lowest BCUT2D eigenvalue weighted by atomic mass is 10.1. The molecule has 1 aromatic rings. The predicted molar refractivity (Wildman–Crippen MR) is 102 cm³/mol. The number of benzene rings is 1. The summed E-state index contributed by atoms with van der Waals surface area (Å²) in [5.74, 6) is -0.511. The molecule has 27 heavy (non-hydrogen) atoms. The summed E-state index contributed by atoms with van der Waals surface area (Å²) in [6, 6.07) is 8.90. The second-order valence-electron chi connectivity index (χ2n) is 7.16. The normalized spacial score (nSPS) is 22.9. The minimum atomic E-state index is -0.765. The zero-order valence-corrected chi connectivity index (χ0v) is 15.8. The Hall–Kier alpha value is -2.41. The van der Waals surface area contributed by atoms with Crippen molar-refractivity contribution in [1.82, 2.24) is 20.4 Å². The van der Waals surface area contributed by atoms with Crippen LogP contribution in [0.25, 0.3) is 0 Å². The molecular formula is C20H28N4O3. The summed E-state index contributed by atoms with van der Waals surface area (Å²) in [6.07, 6.45) is 2.83. The fourth-order valence-electron chi connectivity index (χ4n) is 3.84. The quantitative estimate of drug-likeness (QED) is 0.671. The fraction of sp³-hybridized carbons (Fsp3) is 0.550. The van der Waals surface area contributed by atoms with Gasteiger partial charge in [-0.1, -0.05) is 37.3 Å². The number of nitrogens with zero attached hydrogens (tertiary/aromatic N) is 2. The number of urea groups is 1. The van der Waals surface area contributed by atoms with Gasteiger partial charge in [-0.05, 0) is 37.9 Å². The molecule has 0 aliphatic carbocycles. The van der Waals surface area contributed by atoms with Crippen LogP contribution in [0.4, 0.5) is 4.79 Å². The first-order valence-electron chi connectivity index (χ1n) is 9.75. The van der Waals surface area contributed by atoms with Crippen LogP contribution in [-0.2, 0) is 16.0 Å². The van der Waals surface area contributed by atoms with Gasteiger partial charge in [0.1, 0.15) is 6.04 Å². The smallest absolute Gasteiger partial charge is 0.324 e. The Kier molecular flexibility index (Phi) is 6.45. The van der Waals surface area contributed by atoms with Crippen molar-refractivity contribution in [2.24, 2.45) is 0 Å². The van der Waals surface area contributed by atoms with Crippen molar-refractivity contribution in [2.45, 2.75) is 44.7 Å². The monoisotopic (exact) mass is 372 g/mol. The van der Waals surface area contributed by atoms with Gasteiger partial charge in [0.2, 0.25) is 5.91 Å². The van der Waals surface area contributed by atoms with E-state index in [1.54, 1.807) is 0 Å². The molecule has 2 unspecified atom stereocenters. The average Bonchev–Trinajstić information content (AvgIpc) is 3.23. The minimum absolute atomic E-state index is 0.00868. The molecule has 2 atom stereocenters. The molecule has 0 radical (unpaired) electrons. The molecule has 2 aliphatic rings. The van der Waals surface area contributed by atoms with Gasteiger partial charge in [0, 0.05) is 19.1 Å². The molecule has 146 valence electrons. The van der Waals surface area contributed by atoms with E-state index in [0.717, 1.165) is 31.5 Å². The standard InChI is InChI=1S/C20H28N4O3/c1-2-23-11-6-9-16(23)14-21-18(25)13-17-19(26)24(20(27)22-17)12-10-15-7-4-3-5-8-15/h3-5,7-8,16-17H,2,6,9-14H2,1H3,(H,21,25)(H,22,27). The summed E-state index contributed by atoms with van der Waals surface area (Å²) in [6.45, 7) is 5.09. The summed E-state index contributed by atoms with van der Waals surface area (Å²) in [4.78, 5) is 40.4. The predicted octanol–water partition coefficient (Wildman–Crippen LogP) is 1.14. The third-order valence-corrected chi connectivity index (χ3v) is 5.40. The van der Waals surface area contributed by atoms with Crippen molar-refractivity contribution in [1.29, 1.82) is 0 Å². The Bertz CT molecular complexity index is 679. The number of rotatable bonds is 8. The van der Waals surface area contributed by atoms with Crippen molar-refractivity contribution >= 4 is 17.8 Å². The van der Waals surface area contributed by atoms with E-state index in [2.05, 4.69) is 22.5 Å². The van der Waals surface area contributed by atoms with Gasteiger partial charge in [-0.15, -0.1) is 0 Å². The summed E-state index contributed by atoms with van der Waals surface area (Å²) < 4.78 is 0. The number of likely N-dealkylation sites (N-methyl/N-ethyl adjacent to an activating group) is 1. The number of imide groups is 1. The number of carbonyl (C=O) groups is 3. The van der Waals surface area contributed by atoms with Gasteiger partial charge in [-0.25, -0.2) is 4.79 Å². The molecular weight excluding hydrogens is 344 g/mol. The highest BCUT2D eigenvalue weighted by atomic mass is 16.2. The van der Waals surface area contributed by atoms with E-state index in [1.807, 2.05) is 30.3 Å². The lowest BCUT2D eigenvalue weighted by Crippen LogP contribution is -2.42. The summed E-state index contributed by atoms with van der Waals surface area (Å²) in [5, 5.41) is 5.56. The van der Waals surface area contributed by atoms with Gasteiger partial charge in [0.25, 0.3) is 5.91 Å². The molecule has 2 fully saturated rings. The zero-order chi connectivity index (χ0) is 19.2. The summed E-state index contributed by atoms with van der Waals surface area (Å²) >= 11 is 0. The molecule has 1 aromatic carbocycles. The van der Waals surface area contributed by atoms with Gasteiger partial charge in [-0.3, -0.25) is 19.4 Å². The average molecular weight is 372 g/mol. The highest BCUT2D eigenvalue weighted by Crippen LogP contribution is 2.16. The first kappa shape index (κ1) is 19.4. The maximum atomic E-state index is 12.5. The maximum Gasteiger partial charge on any atom is 0.324 e. The molecule has 7 nitrogen and oxygen atoms in total. The van der Waals surface area contributed by atoms with E-state index < -0.39 is 12.1 Å². The fourth-order valence-corrected chi connectivity index (χ4v) is 3.84. The molecule has 0 saturated carbocycles. The second-order valence-corrected chi connectivity index (χ2v) is 7.16.